The molecule has 0 spiro atoms. The minimum atomic E-state index is -3.27. The third-order valence-electron chi connectivity index (χ3n) is 5.24. The van der Waals surface area contributed by atoms with Crippen LogP contribution < -0.4 is 4.90 Å². The molecule has 1 aliphatic rings. The average molecular weight is 447 g/mol. The molecule has 0 saturated carbocycles. The fourth-order valence-corrected chi connectivity index (χ4v) is 4.56. The van der Waals surface area contributed by atoms with Crippen LogP contribution in [0.4, 0.5) is 5.69 Å². The molecule has 2 heterocycles. The second-order valence-corrected chi connectivity index (χ2v) is 10.1. The summed E-state index contributed by atoms with van der Waals surface area (Å²) in [5.74, 6) is 0.162. The van der Waals surface area contributed by atoms with Crippen molar-refractivity contribution in [3.8, 4) is 0 Å². The van der Waals surface area contributed by atoms with E-state index in [1.54, 1.807) is 4.57 Å². The number of sulfone groups is 1. The van der Waals surface area contributed by atoms with Crippen LogP contribution in [0, 0.1) is 0 Å². The molecule has 9 heteroatoms. The highest BCUT2D eigenvalue weighted by Crippen LogP contribution is 2.21. The largest absolute Gasteiger partial charge is 0.368 e. The van der Waals surface area contributed by atoms with Crippen LogP contribution in [0.1, 0.15) is 5.82 Å². The number of rotatable bonds is 5. The van der Waals surface area contributed by atoms with Gasteiger partial charge in [0.1, 0.15) is 18.1 Å². The molecule has 0 unspecified atom stereocenters. The Balaban J connectivity index is 1.48. The Hall–Kier alpha value is -2.58. The van der Waals surface area contributed by atoms with Gasteiger partial charge in [-0.05, 0) is 36.4 Å². The lowest BCUT2D eigenvalue weighted by atomic mass is 10.2. The number of anilines is 1. The Bertz CT molecular complexity index is 1170. The summed E-state index contributed by atoms with van der Waals surface area (Å²) in [5, 5.41) is 0.699. The van der Waals surface area contributed by atoms with Crippen LogP contribution >= 0.6 is 11.6 Å². The Morgan fingerprint density at radius 1 is 1.03 bits per heavy atom. The van der Waals surface area contributed by atoms with Gasteiger partial charge in [0, 0.05) is 43.1 Å². The van der Waals surface area contributed by atoms with E-state index in [1.807, 2.05) is 53.4 Å². The molecule has 0 atom stereocenters. The van der Waals surface area contributed by atoms with Crippen molar-refractivity contribution in [1.29, 1.82) is 0 Å². The van der Waals surface area contributed by atoms with Gasteiger partial charge >= 0.3 is 0 Å². The molecule has 4 rings (SSSR count). The maximum absolute atomic E-state index is 13.0. The normalized spacial score (nSPS) is 15.0. The molecule has 1 saturated heterocycles. The molecule has 1 aliphatic heterocycles. The van der Waals surface area contributed by atoms with Gasteiger partial charge < -0.3 is 14.4 Å². The van der Waals surface area contributed by atoms with Gasteiger partial charge in [-0.1, -0.05) is 23.7 Å². The van der Waals surface area contributed by atoms with Crippen LogP contribution in [0.3, 0.4) is 0 Å². The molecule has 1 aromatic heterocycles. The predicted molar refractivity (Wildman–Crippen MR) is 119 cm³/mol. The summed E-state index contributed by atoms with van der Waals surface area (Å²) < 4.78 is 25.4. The average Bonchev–Trinajstić information content (AvgIpc) is 3.04. The molecule has 3 aromatic rings. The van der Waals surface area contributed by atoms with Crippen molar-refractivity contribution in [3.63, 3.8) is 0 Å². The van der Waals surface area contributed by atoms with E-state index < -0.39 is 9.84 Å². The zero-order chi connectivity index (χ0) is 21.3. The fourth-order valence-electron chi connectivity index (χ4n) is 3.75. The molecule has 7 nitrogen and oxygen atoms in total. The first-order valence-electron chi connectivity index (χ1n) is 9.70. The molecule has 0 aliphatic carbocycles. The zero-order valence-electron chi connectivity index (χ0n) is 16.7. The molecule has 0 N–H and O–H groups in total. The third kappa shape index (κ3) is 4.60. The first-order chi connectivity index (χ1) is 14.3. The molecule has 1 fully saturated rings. The van der Waals surface area contributed by atoms with E-state index in [9.17, 15) is 13.2 Å². The summed E-state index contributed by atoms with van der Waals surface area (Å²) in [6.45, 7) is 2.75. The van der Waals surface area contributed by atoms with Crippen LogP contribution in [0.2, 0.25) is 5.02 Å². The van der Waals surface area contributed by atoms with Crippen molar-refractivity contribution >= 4 is 44.1 Å². The first kappa shape index (κ1) is 20.7. The lowest BCUT2D eigenvalue weighted by Crippen LogP contribution is -2.49. The van der Waals surface area contributed by atoms with E-state index >= 15 is 0 Å². The molecule has 30 heavy (non-hydrogen) atoms. The SMILES string of the molecule is CS(=O)(=O)Cc1nc2ccccc2n1CC(=O)N1CCN(c2ccc(Cl)cc2)CC1. The van der Waals surface area contributed by atoms with Crippen molar-refractivity contribution in [2.45, 2.75) is 12.3 Å². The quantitative estimate of drug-likeness (QED) is 0.602. The fraction of sp³-hybridized carbons (Fsp3) is 0.333. The van der Waals surface area contributed by atoms with Crippen LogP contribution in [-0.4, -0.2) is 61.2 Å². The monoisotopic (exact) mass is 446 g/mol. The molecular formula is C21H23ClN4O3S. The van der Waals surface area contributed by atoms with Gasteiger partial charge in [-0.25, -0.2) is 13.4 Å². The van der Waals surface area contributed by atoms with Crippen molar-refractivity contribution in [3.05, 3.63) is 59.4 Å². The topological polar surface area (TPSA) is 75.5 Å². The summed E-state index contributed by atoms with van der Waals surface area (Å²) in [5.41, 5.74) is 2.54. The van der Waals surface area contributed by atoms with Crippen LogP contribution in [0.5, 0.6) is 0 Å². The third-order valence-corrected chi connectivity index (χ3v) is 6.28. The van der Waals surface area contributed by atoms with Gasteiger partial charge in [-0.3, -0.25) is 4.79 Å². The van der Waals surface area contributed by atoms with Crippen molar-refractivity contribution in [2.75, 3.05) is 37.3 Å². The molecule has 2 aromatic carbocycles. The number of imidazole rings is 1. The highest BCUT2D eigenvalue weighted by molar-refractivity contribution is 7.89. The number of carbonyl (C=O) groups excluding carboxylic acids is 1. The molecule has 0 radical (unpaired) electrons. The summed E-state index contributed by atoms with van der Waals surface area (Å²) in [6, 6.07) is 15.1. The highest BCUT2D eigenvalue weighted by atomic mass is 35.5. The number of hydrogen-bond donors (Lipinski definition) is 0. The van der Waals surface area contributed by atoms with E-state index in [1.165, 1.54) is 6.26 Å². The summed E-state index contributed by atoms with van der Waals surface area (Å²) in [4.78, 5) is 21.5. The van der Waals surface area contributed by atoms with E-state index in [-0.39, 0.29) is 18.2 Å². The van der Waals surface area contributed by atoms with Gasteiger partial charge in [0.15, 0.2) is 9.84 Å². The lowest BCUT2D eigenvalue weighted by Gasteiger charge is -2.36. The number of para-hydroxylation sites is 2. The maximum atomic E-state index is 13.0. The summed E-state index contributed by atoms with van der Waals surface area (Å²) in [7, 11) is -3.27. The number of aromatic nitrogens is 2. The van der Waals surface area contributed by atoms with E-state index in [0.717, 1.165) is 24.3 Å². The van der Waals surface area contributed by atoms with Gasteiger partial charge in [0.25, 0.3) is 0 Å². The lowest BCUT2D eigenvalue weighted by molar-refractivity contribution is -0.132. The Kier molecular flexibility index (Phi) is 5.71. The standard InChI is InChI=1S/C21H23ClN4O3S/c1-30(28,29)15-20-23-18-4-2-3-5-19(18)26(20)14-21(27)25-12-10-24(11-13-25)17-8-6-16(22)7-9-17/h2-9H,10-15H2,1H3. The Morgan fingerprint density at radius 3 is 2.37 bits per heavy atom. The van der Waals surface area contributed by atoms with Crippen LogP contribution in [0.25, 0.3) is 11.0 Å². The van der Waals surface area contributed by atoms with Gasteiger partial charge in [0.2, 0.25) is 5.91 Å². The zero-order valence-corrected chi connectivity index (χ0v) is 18.2. The van der Waals surface area contributed by atoms with Gasteiger partial charge in [-0.15, -0.1) is 0 Å². The number of piperazine rings is 1. The number of benzene rings is 2. The smallest absolute Gasteiger partial charge is 0.242 e. The minimum absolute atomic E-state index is 0.0383. The van der Waals surface area contributed by atoms with Gasteiger partial charge in [0.05, 0.1) is 11.0 Å². The first-order valence-corrected chi connectivity index (χ1v) is 12.1. The number of fused-ring (bicyclic) bond motifs is 1. The summed E-state index contributed by atoms with van der Waals surface area (Å²) in [6.07, 6.45) is 1.18. The minimum Gasteiger partial charge on any atom is -0.368 e. The number of amides is 1. The number of nitrogens with zero attached hydrogens (tertiary/aromatic N) is 4. The maximum Gasteiger partial charge on any atom is 0.242 e. The Labute approximate surface area is 180 Å². The van der Waals surface area contributed by atoms with Crippen molar-refractivity contribution in [2.24, 2.45) is 0 Å². The van der Waals surface area contributed by atoms with E-state index in [2.05, 4.69) is 9.88 Å². The van der Waals surface area contributed by atoms with Crippen LogP contribution in [0.15, 0.2) is 48.5 Å². The van der Waals surface area contributed by atoms with Crippen molar-refractivity contribution in [1.82, 2.24) is 14.5 Å². The number of hydrogen-bond acceptors (Lipinski definition) is 5. The van der Waals surface area contributed by atoms with Crippen LogP contribution in [-0.2, 0) is 26.9 Å². The van der Waals surface area contributed by atoms with E-state index in [0.29, 0.717) is 29.5 Å². The molecule has 0 bridgehead atoms. The number of carbonyl (C=O) groups is 1. The molecular weight excluding hydrogens is 424 g/mol. The Morgan fingerprint density at radius 2 is 1.70 bits per heavy atom. The van der Waals surface area contributed by atoms with E-state index in [4.69, 9.17) is 11.6 Å². The molecule has 1 amide bonds. The second kappa shape index (κ2) is 8.28. The highest BCUT2D eigenvalue weighted by Gasteiger charge is 2.24. The predicted octanol–water partition coefficient (Wildman–Crippen LogP) is 2.58. The van der Waals surface area contributed by atoms with Crippen molar-refractivity contribution < 1.29 is 13.2 Å². The van der Waals surface area contributed by atoms with Gasteiger partial charge in [-0.2, -0.15) is 0 Å². The summed E-state index contributed by atoms with van der Waals surface area (Å²) >= 11 is 5.96. The number of halogens is 1. The second-order valence-electron chi connectivity index (χ2n) is 7.52. The molecule has 158 valence electrons.